The predicted octanol–water partition coefficient (Wildman–Crippen LogP) is 4.06. The van der Waals surface area contributed by atoms with E-state index in [1.165, 1.54) is 0 Å². The van der Waals surface area contributed by atoms with Gasteiger partial charge in [-0.2, -0.15) is 5.26 Å². The minimum Gasteiger partial charge on any atom is -0.369 e. The van der Waals surface area contributed by atoms with Gasteiger partial charge in [0.1, 0.15) is 0 Å². The van der Waals surface area contributed by atoms with Gasteiger partial charge in [0, 0.05) is 17.3 Å². The van der Waals surface area contributed by atoms with Crippen LogP contribution in [0.4, 0.5) is 0 Å². The lowest BCUT2D eigenvalue weighted by Gasteiger charge is -2.50. The fraction of sp³-hybridized carbons (Fsp3) is 0.481. The molecule has 0 saturated heterocycles. The van der Waals surface area contributed by atoms with Crippen LogP contribution in [-0.4, -0.2) is 21.8 Å². The van der Waals surface area contributed by atoms with Crippen LogP contribution < -0.4 is 5.73 Å². The van der Waals surface area contributed by atoms with Gasteiger partial charge in [-0.1, -0.05) is 26.8 Å². The van der Waals surface area contributed by atoms with Gasteiger partial charge in [-0.05, 0) is 84.9 Å². The molecule has 6 heteroatoms. The average Bonchev–Trinajstić information content (AvgIpc) is 3.18. The Morgan fingerprint density at radius 1 is 1.18 bits per heavy atom. The molecule has 0 unspecified atom stereocenters. The summed E-state index contributed by atoms with van der Waals surface area (Å²) in [4.78, 5) is 25.3. The molecule has 5 atom stereocenters. The molecule has 2 aromatic rings. The number of nitrogens with zero attached hydrogens (tertiary/aromatic N) is 4. The molecule has 1 saturated carbocycles. The highest BCUT2D eigenvalue weighted by Crippen LogP contribution is 2.64. The zero-order chi connectivity index (χ0) is 23.5. The van der Waals surface area contributed by atoms with E-state index in [2.05, 4.69) is 31.8 Å². The van der Waals surface area contributed by atoms with Crippen LogP contribution in [0.15, 0.2) is 41.5 Å². The molecule has 170 valence electrons. The van der Waals surface area contributed by atoms with Gasteiger partial charge in [-0.25, -0.2) is 4.99 Å². The number of nitrogens with two attached hydrogens (primary N) is 1. The molecule has 1 fully saturated rings. The molecular formula is C27H31N5O. The van der Waals surface area contributed by atoms with Crippen LogP contribution in [0.1, 0.15) is 61.6 Å². The lowest BCUT2D eigenvalue weighted by atomic mass is 9.55. The number of fused-ring (bicyclic) bond motifs is 3. The monoisotopic (exact) mass is 441 g/mol. The molecular weight excluding hydrogens is 410 g/mol. The second kappa shape index (κ2) is 7.41. The zero-order valence-corrected chi connectivity index (χ0v) is 19.8. The fourth-order valence-corrected chi connectivity index (χ4v) is 6.74. The van der Waals surface area contributed by atoms with E-state index in [0.717, 1.165) is 41.6 Å². The van der Waals surface area contributed by atoms with Crippen LogP contribution in [0, 0.1) is 41.4 Å². The summed E-state index contributed by atoms with van der Waals surface area (Å²) in [5, 5.41) is 9.60. The number of amides is 1. The van der Waals surface area contributed by atoms with E-state index < -0.39 is 5.54 Å². The molecule has 6 nitrogen and oxygen atoms in total. The third kappa shape index (κ3) is 3.02. The lowest BCUT2D eigenvalue weighted by molar-refractivity contribution is -0.139. The van der Waals surface area contributed by atoms with E-state index in [1.807, 2.05) is 37.3 Å². The highest BCUT2D eigenvalue weighted by Gasteiger charge is 2.67. The molecule has 3 aliphatic rings. The normalized spacial score (nSPS) is 32.8. The van der Waals surface area contributed by atoms with Crippen molar-refractivity contribution in [1.29, 1.82) is 5.26 Å². The van der Waals surface area contributed by atoms with E-state index >= 15 is 0 Å². The number of aromatic nitrogens is 1. The van der Waals surface area contributed by atoms with Crippen molar-refractivity contribution >= 4 is 11.9 Å². The fourth-order valence-electron chi connectivity index (χ4n) is 6.74. The Hall–Kier alpha value is -3.20. The molecule has 33 heavy (non-hydrogen) atoms. The number of aliphatic imine (C=N–C) groups is 1. The Balaban J connectivity index is 1.66. The highest BCUT2D eigenvalue weighted by atomic mass is 16.2. The Bertz CT molecular complexity index is 1200. The van der Waals surface area contributed by atoms with Crippen molar-refractivity contribution in [1.82, 2.24) is 9.88 Å². The van der Waals surface area contributed by atoms with Crippen molar-refractivity contribution in [3.05, 3.63) is 64.5 Å². The van der Waals surface area contributed by atoms with Gasteiger partial charge in [-0.15, -0.1) is 0 Å². The number of benzene rings is 1. The molecule has 2 spiro atoms. The second-order valence-electron chi connectivity index (χ2n) is 10.5. The summed E-state index contributed by atoms with van der Waals surface area (Å²) in [6.07, 6.45) is 4.38. The number of rotatable bonds is 2. The first-order valence-electron chi connectivity index (χ1n) is 11.8. The first kappa shape index (κ1) is 21.6. The van der Waals surface area contributed by atoms with Crippen LogP contribution in [0.25, 0.3) is 0 Å². The zero-order valence-electron chi connectivity index (χ0n) is 19.8. The lowest BCUT2D eigenvalue weighted by Crippen LogP contribution is -2.53. The maximum atomic E-state index is 14.4. The number of aryl methyl sites for hydroxylation is 1. The minimum atomic E-state index is -1.07. The Morgan fingerprint density at radius 3 is 2.58 bits per heavy atom. The number of guanidine groups is 1. The van der Waals surface area contributed by atoms with Crippen LogP contribution in [0.3, 0.4) is 0 Å². The summed E-state index contributed by atoms with van der Waals surface area (Å²) < 4.78 is 0. The van der Waals surface area contributed by atoms with Gasteiger partial charge >= 0.3 is 0 Å². The molecule has 2 N–H and O–H groups in total. The van der Waals surface area contributed by atoms with Crippen molar-refractivity contribution in [3.8, 4) is 6.07 Å². The third-order valence-electron chi connectivity index (χ3n) is 8.56. The van der Waals surface area contributed by atoms with Gasteiger partial charge in [0.15, 0.2) is 11.5 Å². The first-order valence-corrected chi connectivity index (χ1v) is 11.8. The number of hydrogen-bond donors (Lipinski definition) is 1. The second-order valence-corrected chi connectivity index (χ2v) is 10.5. The SMILES string of the molecule is Cc1cc(CN2C(=O)[C@]3(N=C2N)c2cc(C#N)ccc2C[C@@]32C[C@@H](C)[C@H](C)[C@@H](C)C2)ccn1. The van der Waals surface area contributed by atoms with Gasteiger partial charge in [0.25, 0.3) is 5.91 Å². The van der Waals surface area contributed by atoms with E-state index in [1.54, 1.807) is 11.1 Å². The number of carbonyl (C=O) groups is 1. The van der Waals surface area contributed by atoms with Crippen molar-refractivity contribution in [2.24, 2.45) is 33.9 Å². The summed E-state index contributed by atoms with van der Waals surface area (Å²) in [5.41, 5.74) is 9.52. The van der Waals surface area contributed by atoms with Crippen molar-refractivity contribution in [3.63, 3.8) is 0 Å². The first-order chi connectivity index (χ1) is 15.7. The molecule has 2 heterocycles. The van der Waals surface area contributed by atoms with E-state index in [9.17, 15) is 10.1 Å². The molecule has 5 rings (SSSR count). The summed E-state index contributed by atoms with van der Waals surface area (Å²) in [7, 11) is 0. The number of carbonyl (C=O) groups excluding carboxylic acids is 1. The average molecular weight is 442 g/mol. The van der Waals surface area contributed by atoms with Crippen LogP contribution in [0.2, 0.25) is 0 Å². The summed E-state index contributed by atoms with van der Waals surface area (Å²) >= 11 is 0. The molecule has 0 radical (unpaired) electrons. The van der Waals surface area contributed by atoms with Crippen LogP contribution in [0.5, 0.6) is 0 Å². The van der Waals surface area contributed by atoms with Crippen molar-refractivity contribution < 1.29 is 4.79 Å². The number of nitriles is 1. The van der Waals surface area contributed by atoms with Gasteiger partial charge in [-0.3, -0.25) is 14.7 Å². The minimum absolute atomic E-state index is 0.0581. The number of pyridine rings is 1. The Labute approximate surface area is 195 Å². The molecule has 1 aromatic carbocycles. The van der Waals surface area contributed by atoms with Crippen molar-refractivity contribution in [2.45, 2.75) is 59.0 Å². The third-order valence-corrected chi connectivity index (χ3v) is 8.56. The summed E-state index contributed by atoms with van der Waals surface area (Å²) in [6.45, 7) is 9.21. The summed E-state index contributed by atoms with van der Waals surface area (Å²) in [5.74, 6) is 1.73. The highest BCUT2D eigenvalue weighted by molar-refractivity contribution is 6.08. The maximum Gasteiger partial charge on any atom is 0.262 e. The van der Waals surface area contributed by atoms with Crippen LogP contribution in [-0.2, 0) is 23.3 Å². The largest absolute Gasteiger partial charge is 0.369 e. The Morgan fingerprint density at radius 2 is 1.91 bits per heavy atom. The molecule has 0 bridgehead atoms. The van der Waals surface area contributed by atoms with Crippen LogP contribution >= 0.6 is 0 Å². The van der Waals surface area contributed by atoms with Gasteiger partial charge < -0.3 is 5.73 Å². The number of hydrogen-bond acceptors (Lipinski definition) is 5. The van der Waals surface area contributed by atoms with Gasteiger partial charge in [0.05, 0.1) is 18.2 Å². The van der Waals surface area contributed by atoms with E-state index in [-0.39, 0.29) is 17.3 Å². The molecule has 1 amide bonds. The predicted molar refractivity (Wildman–Crippen MR) is 127 cm³/mol. The van der Waals surface area contributed by atoms with Crippen molar-refractivity contribution in [2.75, 3.05) is 0 Å². The molecule has 1 aromatic heterocycles. The topological polar surface area (TPSA) is 95.4 Å². The molecule has 2 aliphatic carbocycles. The van der Waals surface area contributed by atoms with E-state index in [0.29, 0.717) is 29.9 Å². The maximum absolute atomic E-state index is 14.4. The molecule has 1 aliphatic heterocycles. The van der Waals surface area contributed by atoms with Gasteiger partial charge in [0.2, 0.25) is 0 Å². The Kier molecular flexibility index (Phi) is 4.86. The quantitative estimate of drug-likeness (QED) is 0.760. The summed E-state index contributed by atoms with van der Waals surface area (Å²) in [6, 6.07) is 11.9. The standard InChI is InChI=1S/C27H31N5O/c1-16-11-26(12-17(2)19(16)4)13-22-6-5-20(14-28)10-23(22)27(26)24(33)32(25(29)31-27)15-21-7-8-30-18(3)9-21/h5-10,16-17,19H,11-13,15H2,1-4H3,(H2,29,31)/t16-,17+,19+,26+,27-/m1/s1. The smallest absolute Gasteiger partial charge is 0.262 e. The van der Waals surface area contributed by atoms with E-state index in [4.69, 9.17) is 10.7 Å².